The van der Waals surface area contributed by atoms with Crippen LogP contribution in [0.25, 0.3) is 0 Å². The zero-order chi connectivity index (χ0) is 15.8. The molecule has 0 radical (unpaired) electrons. The lowest BCUT2D eigenvalue weighted by Gasteiger charge is -2.31. The summed E-state index contributed by atoms with van der Waals surface area (Å²) in [4.78, 5) is 25.5. The van der Waals surface area contributed by atoms with E-state index >= 15 is 0 Å². The Labute approximate surface area is 120 Å². The number of alkyl halides is 3. The number of aliphatic carboxylic acids is 1. The summed E-state index contributed by atoms with van der Waals surface area (Å²) in [6.45, 7) is 0.252. The fraction of sp³-hybridized carbons (Fsp3) is 0.846. The van der Waals surface area contributed by atoms with Crippen LogP contribution in [0.5, 0.6) is 0 Å². The second-order valence-corrected chi connectivity index (χ2v) is 5.70. The van der Waals surface area contributed by atoms with Crippen molar-refractivity contribution in [2.24, 2.45) is 11.8 Å². The van der Waals surface area contributed by atoms with Gasteiger partial charge >= 0.3 is 18.2 Å². The lowest BCUT2D eigenvalue weighted by molar-refractivity contribution is -0.144. The van der Waals surface area contributed by atoms with E-state index in [4.69, 9.17) is 0 Å². The second-order valence-electron chi connectivity index (χ2n) is 5.70. The zero-order valence-electron chi connectivity index (χ0n) is 11.8. The minimum Gasteiger partial charge on any atom is -0.480 e. The van der Waals surface area contributed by atoms with Crippen molar-refractivity contribution in [1.29, 1.82) is 0 Å². The monoisotopic (exact) mass is 308 g/mol. The minimum absolute atomic E-state index is 0.0969. The van der Waals surface area contributed by atoms with Crippen LogP contribution in [0.3, 0.4) is 0 Å². The average molecular weight is 308 g/mol. The first-order valence-electron chi connectivity index (χ1n) is 7.09. The van der Waals surface area contributed by atoms with Gasteiger partial charge in [0.25, 0.3) is 0 Å². The van der Waals surface area contributed by atoms with E-state index in [0.717, 1.165) is 24.2 Å². The molecule has 8 heteroatoms. The van der Waals surface area contributed by atoms with E-state index in [1.807, 2.05) is 0 Å². The van der Waals surface area contributed by atoms with Crippen molar-refractivity contribution in [2.75, 3.05) is 19.6 Å². The van der Waals surface area contributed by atoms with Gasteiger partial charge in [-0.1, -0.05) is 6.42 Å². The lowest BCUT2D eigenvalue weighted by atomic mass is 9.94. The highest BCUT2D eigenvalue weighted by Gasteiger charge is 2.50. The Morgan fingerprint density at radius 2 is 2.00 bits per heavy atom. The summed E-state index contributed by atoms with van der Waals surface area (Å²) in [5, 5.41) is 9.33. The van der Waals surface area contributed by atoms with Gasteiger partial charge in [0.1, 0.15) is 12.6 Å². The molecule has 0 aromatic heterocycles. The first-order valence-corrected chi connectivity index (χ1v) is 7.09. The number of carbonyl (C=O) groups is 2. The number of amides is 2. The van der Waals surface area contributed by atoms with Gasteiger partial charge in [0, 0.05) is 13.1 Å². The van der Waals surface area contributed by atoms with Gasteiger partial charge in [-0.2, -0.15) is 13.2 Å². The number of nitrogens with zero attached hydrogens (tertiary/aromatic N) is 2. The predicted molar refractivity (Wildman–Crippen MR) is 67.7 cm³/mol. The Balaban J connectivity index is 2.15. The van der Waals surface area contributed by atoms with Crippen LogP contribution < -0.4 is 0 Å². The third kappa shape index (κ3) is 3.24. The van der Waals surface area contributed by atoms with Gasteiger partial charge < -0.3 is 14.9 Å². The number of carbonyl (C=O) groups excluding carboxylic acids is 1. The van der Waals surface area contributed by atoms with Crippen LogP contribution in [-0.2, 0) is 4.79 Å². The SMILES string of the molecule is CCN(CC(F)(F)F)C(=O)N1CC2CCCC2C1C(=O)O. The first kappa shape index (κ1) is 15.9. The lowest BCUT2D eigenvalue weighted by Crippen LogP contribution is -2.51. The maximum Gasteiger partial charge on any atom is 0.406 e. The van der Waals surface area contributed by atoms with Crippen LogP contribution >= 0.6 is 0 Å². The van der Waals surface area contributed by atoms with E-state index in [1.54, 1.807) is 0 Å². The summed E-state index contributed by atoms with van der Waals surface area (Å²) < 4.78 is 37.5. The molecule has 2 fully saturated rings. The molecule has 0 aromatic carbocycles. The summed E-state index contributed by atoms with van der Waals surface area (Å²) >= 11 is 0. The number of halogens is 3. The van der Waals surface area contributed by atoms with E-state index in [1.165, 1.54) is 6.92 Å². The highest BCUT2D eigenvalue weighted by molar-refractivity contribution is 5.84. The molecule has 2 amide bonds. The molecule has 0 spiro atoms. The van der Waals surface area contributed by atoms with Crippen molar-refractivity contribution in [1.82, 2.24) is 9.80 Å². The highest BCUT2D eigenvalue weighted by atomic mass is 19.4. The number of hydrogen-bond donors (Lipinski definition) is 1. The average Bonchev–Trinajstić information content (AvgIpc) is 2.92. The van der Waals surface area contributed by atoms with Crippen molar-refractivity contribution in [2.45, 2.75) is 38.4 Å². The largest absolute Gasteiger partial charge is 0.480 e. The van der Waals surface area contributed by atoms with Crippen molar-refractivity contribution in [3.63, 3.8) is 0 Å². The number of hydrogen-bond acceptors (Lipinski definition) is 2. The third-order valence-electron chi connectivity index (χ3n) is 4.41. The first-order chi connectivity index (χ1) is 9.74. The number of rotatable bonds is 3. The van der Waals surface area contributed by atoms with Gasteiger partial charge in [0.15, 0.2) is 0 Å². The van der Waals surface area contributed by atoms with E-state index in [-0.39, 0.29) is 24.9 Å². The van der Waals surface area contributed by atoms with Crippen LogP contribution in [0.4, 0.5) is 18.0 Å². The number of carboxylic acid groups (broad SMARTS) is 1. The number of urea groups is 1. The maximum atomic E-state index is 12.5. The molecule has 1 aliphatic carbocycles. The maximum absolute atomic E-state index is 12.5. The number of fused-ring (bicyclic) bond motifs is 1. The fourth-order valence-electron chi connectivity index (χ4n) is 3.53. The smallest absolute Gasteiger partial charge is 0.406 e. The highest BCUT2D eigenvalue weighted by Crippen LogP contribution is 2.42. The van der Waals surface area contributed by atoms with Crippen molar-refractivity contribution >= 4 is 12.0 Å². The van der Waals surface area contributed by atoms with E-state index in [2.05, 4.69) is 0 Å². The van der Waals surface area contributed by atoms with Gasteiger partial charge in [-0.3, -0.25) is 0 Å². The third-order valence-corrected chi connectivity index (χ3v) is 4.41. The fourth-order valence-corrected chi connectivity index (χ4v) is 3.53. The molecule has 2 rings (SSSR count). The molecule has 1 heterocycles. The van der Waals surface area contributed by atoms with Gasteiger partial charge in [0.2, 0.25) is 0 Å². The molecule has 3 unspecified atom stereocenters. The van der Waals surface area contributed by atoms with Crippen molar-refractivity contribution in [3.05, 3.63) is 0 Å². The van der Waals surface area contributed by atoms with Crippen LogP contribution in [0.15, 0.2) is 0 Å². The Bertz CT molecular complexity index is 427. The summed E-state index contributed by atoms with van der Waals surface area (Å²) in [6.07, 6.45) is -2.01. The Morgan fingerprint density at radius 1 is 1.33 bits per heavy atom. The van der Waals surface area contributed by atoms with E-state index in [9.17, 15) is 27.9 Å². The normalized spacial score (nSPS) is 28.6. The van der Waals surface area contributed by atoms with Crippen molar-refractivity contribution < 1.29 is 27.9 Å². The molecule has 5 nitrogen and oxygen atoms in total. The number of likely N-dealkylation sites (tertiary alicyclic amines) is 1. The molecule has 1 N–H and O–H groups in total. The molecule has 120 valence electrons. The van der Waals surface area contributed by atoms with Gasteiger partial charge in [-0.25, -0.2) is 9.59 Å². The topological polar surface area (TPSA) is 60.9 Å². The summed E-state index contributed by atoms with van der Waals surface area (Å²) in [6, 6.07) is -1.82. The van der Waals surface area contributed by atoms with E-state index < -0.39 is 30.8 Å². The molecular formula is C13H19F3N2O3. The predicted octanol–water partition coefficient (Wildman–Crippen LogP) is 2.18. The van der Waals surface area contributed by atoms with Crippen LogP contribution in [0.2, 0.25) is 0 Å². The van der Waals surface area contributed by atoms with Crippen LogP contribution in [0.1, 0.15) is 26.2 Å². The van der Waals surface area contributed by atoms with Gasteiger partial charge in [-0.15, -0.1) is 0 Å². The molecular weight excluding hydrogens is 289 g/mol. The van der Waals surface area contributed by atoms with Crippen LogP contribution in [-0.4, -0.2) is 58.8 Å². The quantitative estimate of drug-likeness (QED) is 0.869. The second kappa shape index (κ2) is 5.73. The van der Waals surface area contributed by atoms with E-state index in [0.29, 0.717) is 4.90 Å². The number of carboxylic acids is 1. The minimum atomic E-state index is -4.49. The summed E-state index contributed by atoms with van der Waals surface area (Å²) in [5.41, 5.74) is 0. The van der Waals surface area contributed by atoms with Gasteiger partial charge in [0.05, 0.1) is 0 Å². The molecule has 0 aromatic rings. The molecule has 1 saturated carbocycles. The standard InChI is InChI=1S/C13H19F3N2O3/c1-2-17(7-13(14,15)16)12(21)18-6-8-4-3-5-9(8)10(18)11(19)20/h8-10H,2-7H2,1H3,(H,19,20). The Kier molecular flexibility index (Phi) is 4.34. The molecule has 1 aliphatic heterocycles. The molecule has 21 heavy (non-hydrogen) atoms. The summed E-state index contributed by atoms with van der Waals surface area (Å²) in [5.74, 6) is -1.16. The molecule has 1 saturated heterocycles. The van der Waals surface area contributed by atoms with Crippen LogP contribution in [0, 0.1) is 11.8 Å². The molecule has 2 aliphatic rings. The zero-order valence-corrected chi connectivity index (χ0v) is 11.8. The molecule has 3 atom stereocenters. The Morgan fingerprint density at radius 3 is 2.52 bits per heavy atom. The van der Waals surface area contributed by atoms with Gasteiger partial charge in [-0.05, 0) is 31.6 Å². The van der Waals surface area contributed by atoms with Crippen molar-refractivity contribution in [3.8, 4) is 0 Å². The summed E-state index contributed by atoms with van der Waals surface area (Å²) in [7, 11) is 0. The molecule has 0 bridgehead atoms. The Hall–Kier alpha value is -1.47.